The number of hydrogen-bond acceptors (Lipinski definition) is 6. The lowest BCUT2D eigenvalue weighted by molar-refractivity contribution is -0.398. The predicted molar refractivity (Wildman–Crippen MR) is 71.3 cm³/mol. The number of carbonyl (C=O) groups is 1. The second-order valence-electron chi connectivity index (χ2n) is 3.82. The van der Waals surface area contributed by atoms with E-state index >= 15 is 0 Å². The van der Waals surface area contributed by atoms with E-state index < -0.39 is 16.4 Å². The Kier molecular flexibility index (Phi) is 5.92. The Balaban J connectivity index is 2.72. The first-order chi connectivity index (χ1) is 9.45. The van der Waals surface area contributed by atoms with Crippen molar-refractivity contribution in [3.8, 4) is 5.75 Å². The highest BCUT2D eigenvalue weighted by Gasteiger charge is 2.11. The van der Waals surface area contributed by atoms with Crippen LogP contribution >= 0.6 is 11.6 Å². The number of methoxy groups -OCH3 is 1. The third-order valence-corrected chi connectivity index (χ3v) is 2.60. The molecule has 0 N–H and O–H groups in total. The largest absolute Gasteiger partial charge is 0.867 e. The first-order valence-corrected chi connectivity index (χ1v) is 6.05. The average molecular weight is 300 g/mol. The SMILES string of the molecule is COC(=O)CCCN=Cc1cc(Cl)cc([N+](=O)[O-])c1[O-]. The van der Waals surface area contributed by atoms with Crippen molar-refractivity contribution in [2.75, 3.05) is 13.7 Å². The van der Waals surface area contributed by atoms with E-state index in [0.717, 1.165) is 6.07 Å². The van der Waals surface area contributed by atoms with Gasteiger partial charge < -0.3 is 9.84 Å². The van der Waals surface area contributed by atoms with Crippen LogP contribution in [0.4, 0.5) is 5.69 Å². The molecule has 0 unspecified atom stereocenters. The van der Waals surface area contributed by atoms with Crippen LogP contribution in [0.2, 0.25) is 5.02 Å². The van der Waals surface area contributed by atoms with E-state index in [1.807, 2.05) is 0 Å². The number of benzene rings is 1. The molecule has 0 saturated carbocycles. The van der Waals surface area contributed by atoms with Crippen molar-refractivity contribution in [2.45, 2.75) is 12.8 Å². The maximum absolute atomic E-state index is 11.7. The molecule has 0 heterocycles. The molecule has 0 atom stereocenters. The molecule has 0 bridgehead atoms. The molecule has 20 heavy (non-hydrogen) atoms. The van der Waals surface area contributed by atoms with Crippen LogP contribution in [0.5, 0.6) is 5.75 Å². The van der Waals surface area contributed by atoms with Gasteiger partial charge in [-0.1, -0.05) is 11.6 Å². The third kappa shape index (κ3) is 4.51. The number of rotatable bonds is 6. The van der Waals surface area contributed by atoms with Gasteiger partial charge in [0.1, 0.15) is 0 Å². The lowest BCUT2D eigenvalue weighted by atomic mass is 10.2. The second-order valence-corrected chi connectivity index (χ2v) is 4.25. The zero-order valence-corrected chi connectivity index (χ0v) is 11.4. The molecule has 0 radical (unpaired) electrons. The summed E-state index contributed by atoms with van der Waals surface area (Å²) in [5, 5.41) is 22.5. The van der Waals surface area contributed by atoms with Gasteiger partial charge in [-0.3, -0.25) is 19.9 Å². The summed E-state index contributed by atoms with van der Waals surface area (Å²) in [5.74, 6) is -1.08. The van der Waals surface area contributed by atoms with E-state index in [2.05, 4.69) is 9.73 Å². The number of nitrogens with zero attached hydrogens (tertiary/aromatic N) is 2. The molecule has 1 rings (SSSR count). The van der Waals surface area contributed by atoms with Crippen molar-refractivity contribution < 1.29 is 19.6 Å². The molecule has 7 nitrogen and oxygen atoms in total. The van der Waals surface area contributed by atoms with Crippen molar-refractivity contribution in [1.82, 2.24) is 0 Å². The van der Waals surface area contributed by atoms with E-state index in [1.54, 1.807) is 0 Å². The fraction of sp³-hybridized carbons (Fsp3) is 0.333. The molecule has 0 aliphatic rings. The molecule has 0 amide bonds. The summed E-state index contributed by atoms with van der Waals surface area (Å²) in [4.78, 5) is 24.7. The third-order valence-electron chi connectivity index (χ3n) is 2.39. The topological polar surface area (TPSA) is 105 Å². The molecule has 0 aliphatic heterocycles. The first-order valence-electron chi connectivity index (χ1n) is 5.67. The van der Waals surface area contributed by atoms with Crippen molar-refractivity contribution in [3.05, 3.63) is 32.8 Å². The van der Waals surface area contributed by atoms with E-state index in [-0.39, 0.29) is 23.0 Å². The maximum Gasteiger partial charge on any atom is 0.305 e. The fourth-order valence-electron chi connectivity index (χ4n) is 1.41. The molecule has 0 aliphatic carbocycles. The summed E-state index contributed by atoms with van der Waals surface area (Å²) in [6.07, 6.45) is 1.90. The minimum Gasteiger partial charge on any atom is -0.867 e. The lowest BCUT2D eigenvalue weighted by Gasteiger charge is -2.10. The maximum atomic E-state index is 11.7. The van der Waals surface area contributed by atoms with Gasteiger partial charge in [-0.05, 0) is 23.8 Å². The van der Waals surface area contributed by atoms with E-state index in [9.17, 15) is 20.0 Å². The number of hydrogen-bond donors (Lipinski definition) is 0. The minimum absolute atomic E-state index is 0.0438. The van der Waals surface area contributed by atoms with Gasteiger partial charge in [-0.2, -0.15) is 0 Å². The lowest BCUT2D eigenvalue weighted by Crippen LogP contribution is -2.03. The molecule has 108 valence electrons. The highest BCUT2D eigenvalue weighted by molar-refractivity contribution is 6.31. The second kappa shape index (κ2) is 7.44. The van der Waals surface area contributed by atoms with Crippen molar-refractivity contribution in [2.24, 2.45) is 4.99 Å². The zero-order valence-electron chi connectivity index (χ0n) is 10.7. The van der Waals surface area contributed by atoms with E-state index in [1.165, 1.54) is 19.4 Å². The normalized spacial score (nSPS) is 10.7. The molecular formula is C12H12ClN2O5-. The summed E-state index contributed by atoms with van der Waals surface area (Å²) >= 11 is 5.70. The first kappa shape index (κ1) is 15.9. The number of ether oxygens (including phenoxy) is 1. The van der Waals surface area contributed by atoms with E-state index in [4.69, 9.17) is 11.6 Å². The molecule has 1 aromatic carbocycles. The highest BCUT2D eigenvalue weighted by Crippen LogP contribution is 2.29. The number of nitro benzene ring substituents is 1. The quantitative estimate of drug-likeness (QED) is 0.261. The van der Waals surface area contributed by atoms with Crippen LogP contribution in [-0.4, -0.2) is 30.8 Å². The van der Waals surface area contributed by atoms with Gasteiger partial charge in [0.15, 0.2) is 0 Å². The van der Waals surface area contributed by atoms with Crippen molar-refractivity contribution in [3.63, 3.8) is 0 Å². The van der Waals surface area contributed by atoms with Crippen LogP contribution in [0.3, 0.4) is 0 Å². The number of aliphatic imine (C=N–C) groups is 1. The minimum atomic E-state index is -0.789. The Morgan fingerprint density at radius 1 is 1.55 bits per heavy atom. The van der Waals surface area contributed by atoms with Gasteiger partial charge in [0.25, 0.3) is 5.69 Å². The summed E-state index contributed by atoms with van der Waals surface area (Å²) < 4.78 is 4.46. The van der Waals surface area contributed by atoms with Crippen LogP contribution in [-0.2, 0) is 9.53 Å². The van der Waals surface area contributed by atoms with Crippen molar-refractivity contribution >= 4 is 29.5 Å². The Hall–Kier alpha value is -2.15. The van der Waals surface area contributed by atoms with Crippen LogP contribution in [0.1, 0.15) is 18.4 Å². The van der Waals surface area contributed by atoms with Gasteiger partial charge in [0.2, 0.25) is 0 Å². The molecular weight excluding hydrogens is 288 g/mol. The van der Waals surface area contributed by atoms with Gasteiger partial charge in [-0.15, -0.1) is 0 Å². The van der Waals surface area contributed by atoms with Gasteiger partial charge in [0, 0.05) is 30.3 Å². The molecule has 0 fully saturated rings. The van der Waals surface area contributed by atoms with Crippen molar-refractivity contribution in [1.29, 1.82) is 0 Å². The highest BCUT2D eigenvalue weighted by atomic mass is 35.5. The standard InChI is InChI=1S/C12H13ClN2O5/c1-20-11(16)3-2-4-14-7-8-5-9(13)6-10(12(8)17)15(18)19/h5-7,17H,2-4H2,1H3/p-1. The summed E-state index contributed by atoms with van der Waals surface area (Å²) in [6.45, 7) is 0.300. The Morgan fingerprint density at radius 3 is 2.85 bits per heavy atom. The number of halogens is 1. The number of nitro groups is 1. The Morgan fingerprint density at radius 2 is 2.25 bits per heavy atom. The molecule has 1 aromatic rings. The monoisotopic (exact) mass is 299 g/mol. The van der Waals surface area contributed by atoms with E-state index in [0.29, 0.717) is 13.0 Å². The zero-order chi connectivity index (χ0) is 15.1. The molecule has 0 aromatic heterocycles. The summed E-state index contributed by atoms with van der Waals surface area (Å²) in [5.41, 5.74) is -0.546. The summed E-state index contributed by atoms with van der Waals surface area (Å²) in [7, 11) is 1.29. The average Bonchev–Trinajstić information content (AvgIpc) is 2.40. The van der Waals surface area contributed by atoms with Crippen LogP contribution in [0.15, 0.2) is 17.1 Å². The van der Waals surface area contributed by atoms with Gasteiger partial charge >= 0.3 is 5.97 Å². The Labute approximate surface area is 120 Å². The summed E-state index contributed by atoms with van der Waals surface area (Å²) in [6, 6.07) is 2.30. The van der Waals surface area contributed by atoms with Crippen LogP contribution in [0, 0.1) is 10.1 Å². The number of carbonyl (C=O) groups excluding carboxylic acids is 1. The number of esters is 1. The smallest absolute Gasteiger partial charge is 0.305 e. The fourth-order valence-corrected chi connectivity index (χ4v) is 1.63. The van der Waals surface area contributed by atoms with Crippen LogP contribution in [0.25, 0.3) is 0 Å². The predicted octanol–water partition coefficient (Wildman–Crippen LogP) is 1.69. The van der Waals surface area contributed by atoms with Gasteiger partial charge in [0.05, 0.1) is 12.0 Å². The Bertz CT molecular complexity index is 545. The molecule has 0 spiro atoms. The van der Waals surface area contributed by atoms with Gasteiger partial charge in [-0.25, -0.2) is 0 Å². The molecule has 0 saturated heterocycles. The van der Waals surface area contributed by atoms with Crippen LogP contribution < -0.4 is 5.11 Å². The molecule has 8 heteroatoms.